The summed E-state index contributed by atoms with van der Waals surface area (Å²) in [5.41, 5.74) is 0.460. The zero-order chi connectivity index (χ0) is 19.7. The molecule has 0 radical (unpaired) electrons. The summed E-state index contributed by atoms with van der Waals surface area (Å²) >= 11 is 3.39. The molecule has 1 N–H and O–H groups in total. The Morgan fingerprint density at radius 2 is 1.86 bits per heavy atom. The molecule has 0 unspecified atom stereocenters. The van der Waals surface area contributed by atoms with Crippen LogP contribution in [-0.4, -0.2) is 26.9 Å². The minimum absolute atomic E-state index is 0.169. The second-order valence-electron chi connectivity index (χ2n) is 7.65. The predicted molar refractivity (Wildman–Crippen MR) is 112 cm³/mol. The average molecular weight is 463 g/mol. The maximum Gasteiger partial charge on any atom is 0.264 e. The van der Waals surface area contributed by atoms with Gasteiger partial charge in [0.05, 0.1) is 10.6 Å². The molecule has 2 aromatic carbocycles. The molecular weight excluding hydrogens is 440 g/mol. The zero-order valence-electron chi connectivity index (χ0n) is 15.4. The van der Waals surface area contributed by atoms with E-state index in [1.807, 2.05) is 6.07 Å². The molecule has 4 rings (SSSR count). The first-order valence-electron chi connectivity index (χ1n) is 9.56. The van der Waals surface area contributed by atoms with Crippen molar-refractivity contribution >= 4 is 37.5 Å². The molecular formula is C21H23BrN2O3S. The lowest BCUT2D eigenvalue weighted by atomic mass is 9.95. The van der Waals surface area contributed by atoms with Gasteiger partial charge in [-0.2, -0.15) is 0 Å². The van der Waals surface area contributed by atoms with Gasteiger partial charge in [0.2, 0.25) is 5.91 Å². The molecule has 2 bridgehead atoms. The molecule has 2 aliphatic rings. The number of nitrogens with one attached hydrogen (secondary N) is 1. The fourth-order valence-corrected chi connectivity index (χ4v) is 6.29. The van der Waals surface area contributed by atoms with Gasteiger partial charge >= 0.3 is 0 Å². The highest BCUT2D eigenvalue weighted by molar-refractivity contribution is 9.10. The number of hydrogen-bond acceptors (Lipinski definition) is 3. The molecule has 2 aliphatic carbocycles. The second kappa shape index (κ2) is 7.87. The van der Waals surface area contributed by atoms with Crippen LogP contribution in [0, 0.1) is 11.8 Å². The number of rotatable bonds is 6. The van der Waals surface area contributed by atoms with Gasteiger partial charge in [-0.3, -0.25) is 9.10 Å². The van der Waals surface area contributed by atoms with Crippen LogP contribution < -0.4 is 9.62 Å². The third kappa shape index (κ3) is 3.96. The van der Waals surface area contributed by atoms with E-state index >= 15 is 0 Å². The number of nitrogens with zero attached hydrogens (tertiary/aromatic N) is 1. The number of carbonyl (C=O) groups excluding carboxylic acids is 1. The number of benzene rings is 2. The Bertz CT molecular complexity index is 965. The lowest BCUT2D eigenvalue weighted by Gasteiger charge is -2.27. The Morgan fingerprint density at radius 3 is 2.50 bits per heavy atom. The third-order valence-electron chi connectivity index (χ3n) is 5.80. The number of anilines is 1. The van der Waals surface area contributed by atoms with Gasteiger partial charge in [-0.1, -0.05) is 46.6 Å². The van der Waals surface area contributed by atoms with Gasteiger partial charge in [0, 0.05) is 10.5 Å². The Labute approximate surface area is 174 Å². The Morgan fingerprint density at radius 1 is 1.07 bits per heavy atom. The van der Waals surface area contributed by atoms with Crippen molar-refractivity contribution in [1.29, 1.82) is 0 Å². The van der Waals surface area contributed by atoms with Crippen LogP contribution in [0.3, 0.4) is 0 Å². The van der Waals surface area contributed by atoms with Gasteiger partial charge in [-0.15, -0.1) is 0 Å². The van der Waals surface area contributed by atoms with Crippen molar-refractivity contribution in [3.8, 4) is 0 Å². The van der Waals surface area contributed by atoms with Crippen molar-refractivity contribution in [1.82, 2.24) is 5.32 Å². The minimum Gasteiger partial charge on any atom is -0.352 e. The molecule has 2 aromatic rings. The molecule has 0 spiro atoms. The van der Waals surface area contributed by atoms with Crippen LogP contribution in [0.4, 0.5) is 5.69 Å². The van der Waals surface area contributed by atoms with Crippen molar-refractivity contribution < 1.29 is 13.2 Å². The van der Waals surface area contributed by atoms with Gasteiger partial charge < -0.3 is 5.32 Å². The maximum absolute atomic E-state index is 13.3. The number of halogens is 1. The summed E-state index contributed by atoms with van der Waals surface area (Å²) in [6.07, 6.45) is 4.61. The van der Waals surface area contributed by atoms with Crippen molar-refractivity contribution in [3.05, 3.63) is 59.1 Å². The van der Waals surface area contributed by atoms with Crippen LogP contribution in [-0.2, 0) is 14.8 Å². The average Bonchev–Trinajstić information content (AvgIpc) is 3.30. The quantitative estimate of drug-likeness (QED) is 0.706. The number of fused-ring (bicyclic) bond motifs is 2. The van der Waals surface area contributed by atoms with E-state index in [-0.39, 0.29) is 23.4 Å². The SMILES string of the molecule is O=C(CN(c1cccc(Br)c1)S(=O)(=O)c1ccccc1)N[C@@H]1C[C@@H]2CC[C@H]1C2. The molecule has 7 heteroatoms. The van der Waals surface area contributed by atoms with Gasteiger partial charge in [-0.05, 0) is 61.4 Å². The summed E-state index contributed by atoms with van der Waals surface area (Å²) in [5, 5.41) is 3.09. The smallest absolute Gasteiger partial charge is 0.264 e. The molecule has 148 valence electrons. The van der Waals surface area contributed by atoms with Gasteiger partial charge in [0.15, 0.2) is 0 Å². The lowest BCUT2D eigenvalue weighted by Crippen LogP contribution is -2.46. The van der Waals surface area contributed by atoms with Gasteiger partial charge in [-0.25, -0.2) is 8.42 Å². The summed E-state index contributed by atoms with van der Waals surface area (Å²) < 4.78 is 28.5. The first kappa shape index (κ1) is 19.5. The van der Waals surface area contributed by atoms with Crippen molar-refractivity contribution in [3.63, 3.8) is 0 Å². The topological polar surface area (TPSA) is 66.5 Å². The summed E-state index contributed by atoms with van der Waals surface area (Å²) in [6, 6.07) is 15.4. The fourth-order valence-electron chi connectivity index (χ4n) is 4.47. The maximum atomic E-state index is 13.3. The first-order chi connectivity index (χ1) is 13.4. The van der Waals surface area contributed by atoms with Crippen LogP contribution in [0.2, 0.25) is 0 Å². The van der Waals surface area contributed by atoms with Crippen LogP contribution in [0.25, 0.3) is 0 Å². The number of amides is 1. The molecule has 0 heterocycles. The van der Waals surface area contributed by atoms with Crippen LogP contribution in [0.15, 0.2) is 64.0 Å². The van der Waals surface area contributed by atoms with E-state index in [1.165, 1.54) is 17.1 Å². The number of carbonyl (C=O) groups is 1. The standard InChI is InChI=1S/C21H23BrN2O3S/c22-17-5-4-6-18(13-17)24(28(26,27)19-7-2-1-3-8-19)14-21(25)23-20-12-15-9-10-16(20)11-15/h1-8,13,15-16,20H,9-12,14H2,(H,23,25)/t15-,16+,20-/m1/s1. The third-order valence-corrected chi connectivity index (χ3v) is 8.08. The largest absolute Gasteiger partial charge is 0.352 e. The summed E-state index contributed by atoms with van der Waals surface area (Å²) in [7, 11) is -3.86. The van der Waals surface area contributed by atoms with Crippen molar-refractivity contribution in [2.24, 2.45) is 11.8 Å². The van der Waals surface area contributed by atoms with E-state index in [0.29, 0.717) is 17.5 Å². The molecule has 0 aromatic heterocycles. The molecule has 28 heavy (non-hydrogen) atoms. The summed E-state index contributed by atoms with van der Waals surface area (Å²) in [6.45, 7) is -0.235. The van der Waals surface area contributed by atoms with Crippen LogP contribution in [0.1, 0.15) is 25.7 Å². The normalized spacial score (nSPS) is 23.5. The monoisotopic (exact) mass is 462 g/mol. The van der Waals surface area contributed by atoms with E-state index in [1.54, 1.807) is 48.5 Å². The Hall–Kier alpha value is -1.86. The number of hydrogen-bond donors (Lipinski definition) is 1. The molecule has 1 amide bonds. The summed E-state index contributed by atoms with van der Waals surface area (Å²) in [4.78, 5) is 13.0. The van der Waals surface area contributed by atoms with Crippen molar-refractivity contribution in [2.45, 2.75) is 36.6 Å². The summed E-state index contributed by atoms with van der Waals surface area (Å²) in [5.74, 6) is 1.00. The van der Waals surface area contributed by atoms with E-state index in [0.717, 1.165) is 17.3 Å². The number of sulfonamides is 1. The molecule has 2 fully saturated rings. The van der Waals surface area contributed by atoms with Crippen LogP contribution in [0.5, 0.6) is 0 Å². The van der Waals surface area contributed by atoms with Crippen LogP contribution >= 0.6 is 15.9 Å². The van der Waals surface area contributed by atoms with Gasteiger partial charge in [0.1, 0.15) is 6.54 Å². The highest BCUT2D eigenvalue weighted by Gasteiger charge is 2.40. The molecule has 0 saturated heterocycles. The van der Waals surface area contributed by atoms with Gasteiger partial charge in [0.25, 0.3) is 10.0 Å². The van der Waals surface area contributed by atoms with Crippen molar-refractivity contribution in [2.75, 3.05) is 10.8 Å². The molecule has 5 nitrogen and oxygen atoms in total. The molecule has 0 aliphatic heterocycles. The second-order valence-corrected chi connectivity index (χ2v) is 10.4. The predicted octanol–water partition coefficient (Wildman–Crippen LogP) is 3.95. The van der Waals surface area contributed by atoms with E-state index in [2.05, 4.69) is 21.2 Å². The molecule has 2 saturated carbocycles. The van der Waals surface area contributed by atoms with E-state index in [9.17, 15) is 13.2 Å². The van der Waals surface area contributed by atoms with E-state index < -0.39 is 10.0 Å². The first-order valence-corrected chi connectivity index (χ1v) is 11.8. The minimum atomic E-state index is -3.86. The molecule has 3 atom stereocenters. The lowest BCUT2D eigenvalue weighted by molar-refractivity contribution is -0.120. The van der Waals surface area contributed by atoms with E-state index in [4.69, 9.17) is 0 Å². The Balaban J connectivity index is 1.59. The Kier molecular flexibility index (Phi) is 5.47. The fraction of sp³-hybridized carbons (Fsp3) is 0.381. The highest BCUT2D eigenvalue weighted by atomic mass is 79.9. The highest BCUT2D eigenvalue weighted by Crippen LogP contribution is 2.44. The zero-order valence-corrected chi connectivity index (χ0v) is 17.8.